The SMILES string of the molecule is COc1ccccc1C1=C(Nc2ccc(F)cc2)C(=O)N(c2ccc(F)c(Cl)c2)C1=O. The van der Waals surface area contributed by atoms with Crippen LogP contribution in [0.15, 0.2) is 72.4 Å². The molecule has 4 rings (SSSR count). The van der Waals surface area contributed by atoms with Gasteiger partial charge in [0.15, 0.2) is 0 Å². The summed E-state index contributed by atoms with van der Waals surface area (Å²) in [7, 11) is 1.45. The number of nitrogens with zero attached hydrogens (tertiary/aromatic N) is 1. The summed E-state index contributed by atoms with van der Waals surface area (Å²) in [5.41, 5.74) is 0.950. The number of rotatable bonds is 5. The Morgan fingerprint density at radius 3 is 2.32 bits per heavy atom. The van der Waals surface area contributed by atoms with E-state index in [1.54, 1.807) is 24.3 Å². The summed E-state index contributed by atoms with van der Waals surface area (Å²) in [5, 5.41) is 2.69. The maximum atomic E-state index is 13.6. The molecule has 3 aromatic carbocycles. The molecule has 0 saturated carbocycles. The Labute approximate surface area is 181 Å². The van der Waals surface area contributed by atoms with Gasteiger partial charge in [0.1, 0.15) is 23.1 Å². The average Bonchev–Trinajstić information content (AvgIpc) is 3.01. The Morgan fingerprint density at radius 2 is 1.65 bits per heavy atom. The van der Waals surface area contributed by atoms with E-state index in [0.717, 1.165) is 11.0 Å². The fourth-order valence-corrected chi connectivity index (χ4v) is 3.46. The van der Waals surface area contributed by atoms with E-state index in [2.05, 4.69) is 5.32 Å². The molecule has 1 heterocycles. The predicted octanol–water partition coefficient (Wildman–Crippen LogP) is 5.02. The fourth-order valence-electron chi connectivity index (χ4n) is 3.28. The first-order valence-corrected chi connectivity index (χ1v) is 9.52. The van der Waals surface area contributed by atoms with Gasteiger partial charge in [-0.15, -0.1) is 0 Å². The summed E-state index contributed by atoms with van der Waals surface area (Å²) in [6, 6.07) is 15.6. The Kier molecular flexibility index (Phi) is 5.44. The highest BCUT2D eigenvalue weighted by molar-refractivity contribution is 6.46. The molecule has 0 radical (unpaired) electrons. The molecule has 156 valence electrons. The third kappa shape index (κ3) is 3.75. The Morgan fingerprint density at radius 1 is 0.935 bits per heavy atom. The molecule has 5 nitrogen and oxygen atoms in total. The van der Waals surface area contributed by atoms with Gasteiger partial charge in [-0.2, -0.15) is 0 Å². The number of hydrogen-bond donors (Lipinski definition) is 1. The van der Waals surface area contributed by atoms with Gasteiger partial charge in [-0.3, -0.25) is 9.59 Å². The van der Waals surface area contributed by atoms with E-state index in [1.807, 2.05) is 0 Å². The lowest BCUT2D eigenvalue weighted by atomic mass is 10.0. The number of halogens is 3. The zero-order valence-corrected chi connectivity index (χ0v) is 16.9. The van der Waals surface area contributed by atoms with Gasteiger partial charge in [-0.05, 0) is 48.5 Å². The molecule has 3 aromatic rings. The van der Waals surface area contributed by atoms with E-state index < -0.39 is 23.4 Å². The van der Waals surface area contributed by atoms with Crippen LogP contribution in [-0.4, -0.2) is 18.9 Å². The van der Waals surface area contributed by atoms with E-state index in [4.69, 9.17) is 16.3 Å². The number of hydrogen-bond acceptors (Lipinski definition) is 4. The van der Waals surface area contributed by atoms with Crippen LogP contribution in [0.4, 0.5) is 20.2 Å². The number of nitrogens with one attached hydrogen (secondary N) is 1. The second-order valence-corrected chi connectivity index (χ2v) is 7.03. The maximum absolute atomic E-state index is 13.6. The topological polar surface area (TPSA) is 58.6 Å². The number of carbonyl (C=O) groups is 2. The maximum Gasteiger partial charge on any atom is 0.282 e. The largest absolute Gasteiger partial charge is 0.496 e. The second kappa shape index (κ2) is 8.20. The van der Waals surface area contributed by atoms with Crippen LogP contribution in [-0.2, 0) is 9.59 Å². The van der Waals surface area contributed by atoms with E-state index in [-0.39, 0.29) is 22.0 Å². The minimum Gasteiger partial charge on any atom is -0.496 e. The third-order valence-corrected chi connectivity index (χ3v) is 5.02. The van der Waals surface area contributed by atoms with Crippen molar-refractivity contribution in [3.63, 3.8) is 0 Å². The third-order valence-electron chi connectivity index (χ3n) is 4.74. The number of carbonyl (C=O) groups excluding carboxylic acids is 2. The molecule has 1 aliphatic rings. The summed E-state index contributed by atoms with van der Waals surface area (Å²) in [4.78, 5) is 27.6. The van der Waals surface area contributed by atoms with E-state index in [1.165, 1.54) is 43.5 Å². The number of methoxy groups -OCH3 is 1. The molecule has 0 aliphatic carbocycles. The lowest BCUT2D eigenvalue weighted by Gasteiger charge is -2.16. The van der Waals surface area contributed by atoms with E-state index >= 15 is 0 Å². The molecule has 1 N–H and O–H groups in total. The van der Waals surface area contributed by atoms with Crippen LogP contribution < -0.4 is 15.0 Å². The molecular formula is C23H15ClF2N2O3. The summed E-state index contributed by atoms with van der Waals surface area (Å²) < 4.78 is 32.3. The highest BCUT2D eigenvalue weighted by Crippen LogP contribution is 2.38. The van der Waals surface area contributed by atoms with Gasteiger partial charge >= 0.3 is 0 Å². The van der Waals surface area contributed by atoms with Gasteiger partial charge in [0.2, 0.25) is 0 Å². The molecule has 0 bridgehead atoms. The van der Waals surface area contributed by atoms with Gasteiger partial charge in [-0.25, -0.2) is 13.7 Å². The average molecular weight is 441 g/mol. The minimum atomic E-state index is -0.674. The van der Waals surface area contributed by atoms with Gasteiger partial charge in [0, 0.05) is 11.3 Å². The first-order chi connectivity index (χ1) is 14.9. The van der Waals surface area contributed by atoms with Crippen LogP contribution in [0.2, 0.25) is 5.02 Å². The second-order valence-electron chi connectivity index (χ2n) is 6.63. The highest BCUT2D eigenvalue weighted by atomic mass is 35.5. The quantitative estimate of drug-likeness (QED) is 0.566. The van der Waals surface area contributed by atoms with Gasteiger partial charge in [0.25, 0.3) is 11.8 Å². The van der Waals surface area contributed by atoms with Crippen LogP contribution in [0.5, 0.6) is 5.75 Å². The van der Waals surface area contributed by atoms with Crippen LogP contribution >= 0.6 is 11.6 Å². The molecule has 0 saturated heterocycles. The summed E-state index contributed by atoms with van der Waals surface area (Å²) in [5.74, 6) is -2.04. The zero-order valence-electron chi connectivity index (χ0n) is 16.2. The van der Waals surface area contributed by atoms with Crippen molar-refractivity contribution in [1.82, 2.24) is 0 Å². The number of anilines is 2. The van der Waals surface area contributed by atoms with Crippen molar-refractivity contribution < 1.29 is 23.1 Å². The molecule has 0 spiro atoms. The van der Waals surface area contributed by atoms with Crippen molar-refractivity contribution in [3.8, 4) is 5.75 Å². The minimum absolute atomic E-state index is 0.0263. The summed E-state index contributed by atoms with van der Waals surface area (Å²) in [6.45, 7) is 0. The lowest BCUT2D eigenvalue weighted by molar-refractivity contribution is -0.120. The molecule has 0 unspecified atom stereocenters. The summed E-state index contributed by atoms with van der Waals surface area (Å²) >= 11 is 5.86. The standard InChI is InChI=1S/C23H15ClF2N2O3/c1-31-19-5-3-2-4-16(19)20-21(27-14-8-6-13(25)7-9-14)23(30)28(22(20)29)15-10-11-18(26)17(24)12-15/h2-12,27H,1H3. The lowest BCUT2D eigenvalue weighted by Crippen LogP contribution is -2.32. The number of imide groups is 1. The molecule has 0 aromatic heterocycles. The number of benzene rings is 3. The number of para-hydroxylation sites is 1. The molecule has 2 amide bonds. The molecule has 1 aliphatic heterocycles. The Bertz CT molecular complexity index is 1230. The van der Waals surface area contributed by atoms with Gasteiger partial charge in [-0.1, -0.05) is 29.8 Å². The molecule has 8 heteroatoms. The molecule has 31 heavy (non-hydrogen) atoms. The Balaban J connectivity index is 1.86. The van der Waals surface area contributed by atoms with Gasteiger partial charge < -0.3 is 10.1 Å². The zero-order chi connectivity index (χ0) is 22.1. The first kappa shape index (κ1) is 20.6. The van der Waals surface area contributed by atoms with Crippen molar-refractivity contribution in [1.29, 1.82) is 0 Å². The normalized spacial score (nSPS) is 13.7. The van der Waals surface area contributed by atoms with Crippen LogP contribution in [0, 0.1) is 11.6 Å². The monoisotopic (exact) mass is 440 g/mol. The van der Waals surface area contributed by atoms with Crippen molar-refractivity contribution in [3.05, 3.63) is 94.6 Å². The first-order valence-electron chi connectivity index (χ1n) is 9.15. The van der Waals surface area contributed by atoms with Gasteiger partial charge in [0.05, 0.1) is 23.4 Å². The van der Waals surface area contributed by atoms with Crippen molar-refractivity contribution >= 4 is 40.4 Å². The van der Waals surface area contributed by atoms with Crippen molar-refractivity contribution in [2.75, 3.05) is 17.3 Å². The molecule has 0 atom stereocenters. The highest BCUT2D eigenvalue weighted by Gasteiger charge is 2.41. The molecular weight excluding hydrogens is 426 g/mol. The predicted molar refractivity (Wildman–Crippen MR) is 114 cm³/mol. The molecule has 0 fully saturated rings. The number of ether oxygens (including phenoxy) is 1. The van der Waals surface area contributed by atoms with Crippen molar-refractivity contribution in [2.24, 2.45) is 0 Å². The van der Waals surface area contributed by atoms with Crippen LogP contribution in [0.25, 0.3) is 5.57 Å². The fraction of sp³-hybridized carbons (Fsp3) is 0.0435. The van der Waals surface area contributed by atoms with E-state index in [0.29, 0.717) is 17.0 Å². The van der Waals surface area contributed by atoms with Crippen molar-refractivity contribution in [2.45, 2.75) is 0 Å². The van der Waals surface area contributed by atoms with Crippen LogP contribution in [0.1, 0.15) is 5.56 Å². The summed E-state index contributed by atoms with van der Waals surface area (Å²) in [6.07, 6.45) is 0. The smallest absolute Gasteiger partial charge is 0.282 e. The van der Waals surface area contributed by atoms with Crippen LogP contribution in [0.3, 0.4) is 0 Å². The van der Waals surface area contributed by atoms with E-state index in [9.17, 15) is 18.4 Å². The Hall–Kier alpha value is -3.71. The number of amides is 2.